The van der Waals surface area contributed by atoms with Crippen LogP contribution >= 0.6 is 0 Å². The third-order valence-corrected chi connectivity index (χ3v) is 2.04. The molecule has 0 saturated carbocycles. The molecule has 2 rings (SSSR count). The molecule has 2 aromatic rings. The second kappa shape index (κ2) is 4.69. The molecule has 86 valence electrons. The zero-order chi connectivity index (χ0) is 10.8. The number of aliphatic hydroxyl groups is 1. The SMILES string of the molecule is O.O=C(O)c1cnn2cc(CCO)cnc12. The number of aromatic carboxylic acids is 1. The van der Waals surface area contributed by atoms with E-state index in [4.69, 9.17) is 10.2 Å². The van der Waals surface area contributed by atoms with Crippen LogP contribution in [-0.2, 0) is 6.42 Å². The molecular weight excluding hydrogens is 214 g/mol. The minimum Gasteiger partial charge on any atom is -0.477 e. The summed E-state index contributed by atoms with van der Waals surface area (Å²) in [6.07, 6.45) is 4.93. The highest BCUT2D eigenvalue weighted by Gasteiger charge is 2.12. The van der Waals surface area contributed by atoms with Crippen LogP contribution in [0.4, 0.5) is 0 Å². The van der Waals surface area contributed by atoms with Gasteiger partial charge in [-0.2, -0.15) is 5.10 Å². The van der Waals surface area contributed by atoms with Crippen LogP contribution in [0.5, 0.6) is 0 Å². The maximum Gasteiger partial charge on any atom is 0.341 e. The molecule has 0 unspecified atom stereocenters. The van der Waals surface area contributed by atoms with Gasteiger partial charge in [-0.05, 0) is 12.0 Å². The number of aliphatic hydroxyl groups excluding tert-OH is 1. The fourth-order valence-corrected chi connectivity index (χ4v) is 1.32. The molecule has 0 aliphatic rings. The standard InChI is InChI=1S/C9H9N3O3.H2O/c13-2-1-6-3-10-8-7(9(14)15)4-11-12(8)5-6;/h3-5,13H,1-2H2,(H,14,15);1H2. The molecule has 0 aliphatic heterocycles. The Bertz CT molecular complexity index is 508. The molecule has 2 aromatic heterocycles. The summed E-state index contributed by atoms with van der Waals surface area (Å²) in [6, 6.07) is 0. The molecule has 16 heavy (non-hydrogen) atoms. The molecule has 7 heteroatoms. The van der Waals surface area contributed by atoms with Crippen LogP contribution in [0.25, 0.3) is 5.65 Å². The van der Waals surface area contributed by atoms with Crippen LogP contribution in [0.15, 0.2) is 18.6 Å². The van der Waals surface area contributed by atoms with Crippen molar-refractivity contribution in [1.82, 2.24) is 14.6 Å². The van der Waals surface area contributed by atoms with Crippen molar-refractivity contribution in [2.24, 2.45) is 0 Å². The lowest BCUT2D eigenvalue weighted by molar-refractivity contribution is 0.0698. The van der Waals surface area contributed by atoms with Crippen molar-refractivity contribution in [1.29, 1.82) is 0 Å². The Labute approximate surface area is 90.3 Å². The molecule has 0 aromatic carbocycles. The average Bonchev–Trinajstić information content (AvgIpc) is 2.61. The lowest BCUT2D eigenvalue weighted by Gasteiger charge is -1.98. The smallest absolute Gasteiger partial charge is 0.341 e. The van der Waals surface area contributed by atoms with Gasteiger partial charge in [0.05, 0.1) is 6.20 Å². The lowest BCUT2D eigenvalue weighted by atomic mass is 10.2. The molecule has 0 amide bonds. The largest absolute Gasteiger partial charge is 0.477 e. The van der Waals surface area contributed by atoms with Crippen molar-refractivity contribution in [2.45, 2.75) is 6.42 Å². The first-order valence-electron chi connectivity index (χ1n) is 4.39. The average molecular weight is 225 g/mol. The first-order valence-corrected chi connectivity index (χ1v) is 4.39. The molecule has 4 N–H and O–H groups in total. The van der Waals surface area contributed by atoms with Crippen LogP contribution in [-0.4, -0.2) is 42.9 Å². The number of rotatable bonds is 3. The highest BCUT2D eigenvalue weighted by atomic mass is 16.4. The van der Waals surface area contributed by atoms with Crippen LogP contribution in [0.2, 0.25) is 0 Å². The van der Waals surface area contributed by atoms with Gasteiger partial charge in [0, 0.05) is 19.0 Å². The van der Waals surface area contributed by atoms with Gasteiger partial charge in [0.25, 0.3) is 0 Å². The topological polar surface area (TPSA) is 119 Å². The summed E-state index contributed by atoms with van der Waals surface area (Å²) in [5.74, 6) is -1.05. The van der Waals surface area contributed by atoms with Crippen LogP contribution in [0, 0.1) is 0 Å². The zero-order valence-corrected chi connectivity index (χ0v) is 8.29. The number of carboxylic acid groups (broad SMARTS) is 1. The van der Waals surface area contributed by atoms with Gasteiger partial charge in [-0.3, -0.25) is 0 Å². The zero-order valence-electron chi connectivity index (χ0n) is 8.29. The Kier molecular flexibility index (Phi) is 3.54. The number of carboxylic acids is 1. The third-order valence-electron chi connectivity index (χ3n) is 2.04. The Hall–Kier alpha value is -1.99. The van der Waals surface area contributed by atoms with Crippen molar-refractivity contribution in [3.63, 3.8) is 0 Å². The van der Waals surface area contributed by atoms with Gasteiger partial charge in [-0.25, -0.2) is 14.3 Å². The highest BCUT2D eigenvalue weighted by Crippen LogP contribution is 2.08. The summed E-state index contributed by atoms with van der Waals surface area (Å²) in [5, 5.41) is 21.4. The maximum absolute atomic E-state index is 10.8. The highest BCUT2D eigenvalue weighted by molar-refractivity contribution is 5.93. The van der Waals surface area contributed by atoms with Gasteiger partial charge < -0.3 is 15.7 Å². The van der Waals surface area contributed by atoms with E-state index in [1.165, 1.54) is 10.7 Å². The van der Waals surface area contributed by atoms with E-state index in [9.17, 15) is 4.79 Å². The van der Waals surface area contributed by atoms with Crippen LogP contribution < -0.4 is 0 Å². The molecule has 0 radical (unpaired) electrons. The molecule has 0 atom stereocenters. The van der Waals surface area contributed by atoms with Gasteiger partial charge in [0.1, 0.15) is 5.56 Å². The summed E-state index contributed by atoms with van der Waals surface area (Å²) in [7, 11) is 0. The van der Waals surface area contributed by atoms with Crippen molar-refractivity contribution in [3.8, 4) is 0 Å². The monoisotopic (exact) mass is 225 g/mol. The van der Waals surface area contributed by atoms with E-state index < -0.39 is 5.97 Å². The Morgan fingerprint density at radius 3 is 2.81 bits per heavy atom. The fraction of sp³-hybridized carbons (Fsp3) is 0.222. The second-order valence-electron chi connectivity index (χ2n) is 3.07. The summed E-state index contributed by atoms with van der Waals surface area (Å²) in [4.78, 5) is 14.7. The van der Waals surface area contributed by atoms with Gasteiger partial charge in [0.2, 0.25) is 0 Å². The summed E-state index contributed by atoms with van der Waals surface area (Å²) in [6.45, 7) is 0.0280. The van der Waals surface area contributed by atoms with E-state index in [1.807, 2.05) is 0 Å². The number of hydrogen-bond donors (Lipinski definition) is 2. The van der Waals surface area contributed by atoms with Gasteiger partial charge >= 0.3 is 5.97 Å². The number of fused-ring (bicyclic) bond motifs is 1. The molecule has 0 fully saturated rings. The second-order valence-corrected chi connectivity index (χ2v) is 3.07. The Balaban J connectivity index is 0.00000128. The van der Waals surface area contributed by atoms with Crippen molar-refractivity contribution < 1.29 is 20.5 Å². The number of hydrogen-bond acceptors (Lipinski definition) is 4. The quantitative estimate of drug-likeness (QED) is 0.704. The minimum absolute atomic E-state index is 0. The van der Waals surface area contributed by atoms with E-state index in [0.29, 0.717) is 12.1 Å². The number of aromatic nitrogens is 3. The van der Waals surface area contributed by atoms with E-state index >= 15 is 0 Å². The maximum atomic E-state index is 10.8. The normalized spacial score (nSPS) is 10.1. The molecule has 7 nitrogen and oxygen atoms in total. The fourth-order valence-electron chi connectivity index (χ4n) is 1.32. The summed E-state index contributed by atoms with van der Waals surface area (Å²) >= 11 is 0. The Morgan fingerprint density at radius 2 is 2.19 bits per heavy atom. The predicted molar refractivity (Wildman–Crippen MR) is 54.3 cm³/mol. The van der Waals surface area contributed by atoms with Crippen molar-refractivity contribution >= 4 is 11.6 Å². The van der Waals surface area contributed by atoms with Gasteiger partial charge in [-0.15, -0.1) is 0 Å². The van der Waals surface area contributed by atoms with Crippen molar-refractivity contribution in [3.05, 3.63) is 29.7 Å². The number of carbonyl (C=O) groups is 1. The van der Waals surface area contributed by atoms with E-state index in [-0.39, 0.29) is 17.6 Å². The molecule has 0 bridgehead atoms. The molecule has 2 heterocycles. The van der Waals surface area contributed by atoms with Gasteiger partial charge in [0.15, 0.2) is 5.65 Å². The minimum atomic E-state index is -1.05. The first-order chi connectivity index (χ1) is 7.22. The molecule has 0 aliphatic carbocycles. The van der Waals surface area contributed by atoms with Gasteiger partial charge in [-0.1, -0.05) is 0 Å². The van der Waals surface area contributed by atoms with E-state index in [0.717, 1.165) is 5.56 Å². The molecule has 0 spiro atoms. The summed E-state index contributed by atoms with van der Waals surface area (Å²) < 4.78 is 1.40. The van der Waals surface area contributed by atoms with E-state index in [1.54, 1.807) is 12.4 Å². The summed E-state index contributed by atoms with van der Waals surface area (Å²) in [5.41, 5.74) is 1.19. The molecular formula is C9H11N3O4. The lowest BCUT2D eigenvalue weighted by Crippen LogP contribution is -2.00. The first kappa shape index (κ1) is 12.1. The third kappa shape index (κ3) is 2.00. The Morgan fingerprint density at radius 1 is 1.44 bits per heavy atom. The van der Waals surface area contributed by atoms with E-state index in [2.05, 4.69) is 10.1 Å². The number of nitrogens with zero attached hydrogens (tertiary/aromatic N) is 3. The molecule has 0 saturated heterocycles. The predicted octanol–water partition coefficient (Wildman–Crippen LogP) is -0.862. The van der Waals surface area contributed by atoms with Crippen molar-refractivity contribution in [2.75, 3.05) is 6.61 Å². The van der Waals surface area contributed by atoms with Crippen LogP contribution in [0.3, 0.4) is 0 Å². The van der Waals surface area contributed by atoms with Crippen LogP contribution in [0.1, 0.15) is 15.9 Å².